The second-order valence-electron chi connectivity index (χ2n) is 10.1. The van der Waals surface area contributed by atoms with Crippen LogP contribution >= 0.6 is 11.6 Å². The van der Waals surface area contributed by atoms with E-state index in [9.17, 15) is 19.2 Å². The van der Waals surface area contributed by atoms with Crippen molar-refractivity contribution < 1.29 is 23.9 Å². The molecular formula is C29H36ClN5O5. The Hall–Kier alpha value is -3.47. The maximum Gasteiger partial charge on any atom is 0.246 e. The van der Waals surface area contributed by atoms with Crippen molar-refractivity contribution in [2.24, 2.45) is 5.73 Å². The van der Waals surface area contributed by atoms with Crippen LogP contribution in [0.4, 0.5) is 5.69 Å². The van der Waals surface area contributed by atoms with E-state index >= 15 is 0 Å². The molecule has 2 heterocycles. The third-order valence-corrected chi connectivity index (χ3v) is 7.73. The Kier molecular flexibility index (Phi) is 10.1. The number of benzene rings is 2. The Morgan fingerprint density at radius 1 is 1.05 bits per heavy atom. The lowest BCUT2D eigenvalue weighted by atomic mass is 9.92. The van der Waals surface area contributed by atoms with Gasteiger partial charge in [-0.15, -0.1) is 0 Å². The molecule has 2 atom stereocenters. The van der Waals surface area contributed by atoms with Gasteiger partial charge in [0.15, 0.2) is 0 Å². The van der Waals surface area contributed by atoms with Crippen LogP contribution in [-0.2, 0) is 36.9 Å². The lowest BCUT2D eigenvalue weighted by Gasteiger charge is -2.37. The molecule has 1 fully saturated rings. The fourth-order valence-corrected chi connectivity index (χ4v) is 5.12. The number of amides is 4. The van der Waals surface area contributed by atoms with Gasteiger partial charge in [0.05, 0.1) is 13.2 Å². The molecular weight excluding hydrogens is 534 g/mol. The van der Waals surface area contributed by atoms with Gasteiger partial charge in [-0.05, 0) is 54.8 Å². The van der Waals surface area contributed by atoms with Crippen molar-refractivity contribution in [1.29, 1.82) is 0 Å². The number of rotatable bonds is 9. The average molecular weight is 570 g/mol. The van der Waals surface area contributed by atoms with Crippen LogP contribution in [0.5, 0.6) is 0 Å². The largest absolute Gasteiger partial charge is 0.378 e. The van der Waals surface area contributed by atoms with Crippen LogP contribution < -0.4 is 16.4 Å². The second kappa shape index (κ2) is 13.7. The number of aryl methyl sites for hydroxylation is 1. The molecule has 0 aliphatic carbocycles. The van der Waals surface area contributed by atoms with E-state index in [4.69, 9.17) is 22.1 Å². The van der Waals surface area contributed by atoms with Crippen molar-refractivity contribution in [1.82, 2.24) is 15.1 Å². The van der Waals surface area contributed by atoms with Crippen LogP contribution in [0.15, 0.2) is 42.5 Å². The van der Waals surface area contributed by atoms with Crippen molar-refractivity contribution in [2.75, 3.05) is 38.2 Å². The van der Waals surface area contributed by atoms with Crippen LogP contribution in [0, 0.1) is 6.92 Å². The highest BCUT2D eigenvalue weighted by atomic mass is 35.5. The average Bonchev–Trinajstić information content (AvgIpc) is 2.97. The first-order valence-corrected chi connectivity index (χ1v) is 13.9. The summed E-state index contributed by atoms with van der Waals surface area (Å²) >= 11 is 6.09. The highest BCUT2D eigenvalue weighted by Crippen LogP contribution is 2.25. The smallest absolute Gasteiger partial charge is 0.246 e. The normalized spacial score (nSPS) is 17.5. The van der Waals surface area contributed by atoms with E-state index in [0.29, 0.717) is 43.4 Å². The third kappa shape index (κ3) is 7.38. The number of anilines is 1. The quantitative estimate of drug-likeness (QED) is 0.423. The Morgan fingerprint density at radius 2 is 1.75 bits per heavy atom. The summed E-state index contributed by atoms with van der Waals surface area (Å²) in [5.41, 5.74) is 9.05. The topological polar surface area (TPSA) is 134 Å². The van der Waals surface area contributed by atoms with E-state index in [1.807, 2.05) is 31.2 Å². The molecule has 2 aromatic carbocycles. The van der Waals surface area contributed by atoms with Gasteiger partial charge in [0.1, 0.15) is 12.1 Å². The number of morpholine rings is 1. The van der Waals surface area contributed by atoms with Crippen molar-refractivity contribution >= 4 is 40.9 Å². The Morgan fingerprint density at radius 3 is 2.45 bits per heavy atom. The van der Waals surface area contributed by atoms with Gasteiger partial charge in [-0.25, -0.2) is 0 Å². The Labute approximate surface area is 239 Å². The van der Waals surface area contributed by atoms with Gasteiger partial charge in [0.25, 0.3) is 0 Å². The van der Waals surface area contributed by atoms with Crippen molar-refractivity contribution in [3.8, 4) is 0 Å². The number of ether oxygens (including phenoxy) is 1. The summed E-state index contributed by atoms with van der Waals surface area (Å²) < 4.78 is 5.30. The molecule has 4 rings (SSSR count). The zero-order chi connectivity index (χ0) is 28.6. The van der Waals surface area contributed by atoms with E-state index in [0.717, 1.165) is 16.7 Å². The molecule has 2 aromatic rings. The van der Waals surface area contributed by atoms with Crippen molar-refractivity contribution in [3.05, 3.63) is 64.2 Å². The first-order chi connectivity index (χ1) is 19.3. The monoisotopic (exact) mass is 569 g/mol. The van der Waals surface area contributed by atoms with Crippen LogP contribution in [0.2, 0.25) is 5.02 Å². The van der Waals surface area contributed by atoms with E-state index < -0.39 is 23.9 Å². The molecule has 4 N–H and O–H groups in total. The lowest BCUT2D eigenvalue weighted by molar-refractivity contribution is -0.144. The summed E-state index contributed by atoms with van der Waals surface area (Å²) in [5, 5.41) is 6.23. The zero-order valence-electron chi connectivity index (χ0n) is 22.7. The van der Waals surface area contributed by atoms with Crippen LogP contribution in [-0.4, -0.2) is 78.4 Å². The SMILES string of the molecule is Cc1cc(NC(=O)[C@H](CCN)NC(=O)[C@@H]2Cc3ccccc3CN2C(=O)CCC(=O)N2CCOCC2)ccc1Cl. The number of halogens is 1. The van der Waals surface area contributed by atoms with Gasteiger partial charge >= 0.3 is 0 Å². The predicted octanol–water partition coefficient (Wildman–Crippen LogP) is 2.01. The van der Waals surface area contributed by atoms with E-state index in [1.54, 1.807) is 23.1 Å². The summed E-state index contributed by atoms with van der Waals surface area (Å²) in [6.45, 7) is 4.25. The first kappa shape index (κ1) is 29.5. The molecule has 214 valence electrons. The maximum atomic E-state index is 13.6. The number of fused-ring (bicyclic) bond motifs is 1. The summed E-state index contributed by atoms with van der Waals surface area (Å²) in [6.07, 6.45) is 0.572. The van der Waals surface area contributed by atoms with E-state index in [-0.39, 0.29) is 44.2 Å². The van der Waals surface area contributed by atoms with Crippen LogP contribution in [0.25, 0.3) is 0 Å². The number of hydrogen-bond acceptors (Lipinski definition) is 6. The molecule has 0 unspecified atom stereocenters. The van der Waals surface area contributed by atoms with Gasteiger partial charge in [-0.3, -0.25) is 19.2 Å². The standard InChI is InChI=1S/C29H36ClN5O5/c1-19-16-22(6-7-23(19)30)32-28(38)24(10-11-31)33-29(39)25-17-20-4-2-3-5-21(20)18-35(25)27(37)9-8-26(36)34-12-14-40-15-13-34/h2-7,16,24-25H,8-15,17-18,31H2,1H3,(H,32,38)(H,33,39)/t24-,25-/m0/s1. The third-order valence-electron chi connectivity index (χ3n) is 7.30. The minimum Gasteiger partial charge on any atom is -0.378 e. The summed E-state index contributed by atoms with van der Waals surface area (Å²) in [5.74, 6) is -1.24. The zero-order valence-corrected chi connectivity index (χ0v) is 23.4. The highest BCUT2D eigenvalue weighted by molar-refractivity contribution is 6.31. The fraction of sp³-hybridized carbons (Fsp3) is 0.448. The molecule has 0 aromatic heterocycles. The molecule has 10 nitrogen and oxygen atoms in total. The molecule has 4 amide bonds. The number of nitrogens with one attached hydrogen (secondary N) is 2. The predicted molar refractivity (Wildman–Crippen MR) is 152 cm³/mol. The van der Waals surface area contributed by atoms with Gasteiger partial charge in [0, 0.05) is 49.6 Å². The molecule has 0 spiro atoms. The first-order valence-electron chi connectivity index (χ1n) is 13.6. The van der Waals surface area contributed by atoms with Gasteiger partial charge < -0.3 is 30.9 Å². The molecule has 40 heavy (non-hydrogen) atoms. The van der Waals surface area contributed by atoms with Gasteiger partial charge in [-0.2, -0.15) is 0 Å². The van der Waals surface area contributed by atoms with Gasteiger partial charge in [0.2, 0.25) is 23.6 Å². The molecule has 11 heteroatoms. The van der Waals surface area contributed by atoms with Crippen molar-refractivity contribution in [2.45, 2.75) is 51.2 Å². The number of carbonyl (C=O) groups excluding carboxylic acids is 4. The maximum absolute atomic E-state index is 13.6. The van der Waals surface area contributed by atoms with Gasteiger partial charge in [-0.1, -0.05) is 35.9 Å². The summed E-state index contributed by atoms with van der Waals surface area (Å²) in [7, 11) is 0. The number of carbonyl (C=O) groups is 4. The summed E-state index contributed by atoms with van der Waals surface area (Å²) in [6, 6.07) is 11.1. The number of nitrogens with zero attached hydrogens (tertiary/aromatic N) is 2. The minimum absolute atomic E-state index is 0.00916. The molecule has 1 saturated heterocycles. The number of nitrogens with two attached hydrogens (primary N) is 1. The van der Waals surface area contributed by atoms with E-state index in [2.05, 4.69) is 10.6 Å². The second-order valence-corrected chi connectivity index (χ2v) is 10.5. The molecule has 0 bridgehead atoms. The summed E-state index contributed by atoms with van der Waals surface area (Å²) in [4.78, 5) is 56.0. The molecule has 2 aliphatic rings. The highest BCUT2D eigenvalue weighted by Gasteiger charge is 2.36. The minimum atomic E-state index is -0.898. The number of hydrogen-bond donors (Lipinski definition) is 3. The van der Waals surface area contributed by atoms with Crippen LogP contribution in [0.3, 0.4) is 0 Å². The van der Waals surface area contributed by atoms with Crippen molar-refractivity contribution in [3.63, 3.8) is 0 Å². The van der Waals surface area contributed by atoms with E-state index in [1.165, 1.54) is 4.90 Å². The molecule has 2 aliphatic heterocycles. The fourth-order valence-electron chi connectivity index (χ4n) is 5.00. The Balaban J connectivity index is 1.46. The molecule has 0 saturated carbocycles. The lowest BCUT2D eigenvalue weighted by Crippen LogP contribution is -2.56. The Bertz CT molecular complexity index is 1250. The molecule has 0 radical (unpaired) electrons. The van der Waals surface area contributed by atoms with Crippen LogP contribution in [0.1, 0.15) is 36.0 Å².